The van der Waals surface area contributed by atoms with Crippen LogP contribution in [0.3, 0.4) is 0 Å². The van der Waals surface area contributed by atoms with E-state index in [1.54, 1.807) is 0 Å². The summed E-state index contributed by atoms with van der Waals surface area (Å²) >= 11 is 0. The molecule has 0 rings (SSSR count). The molecule has 0 amide bonds. The van der Waals surface area contributed by atoms with Gasteiger partial charge in [-0.15, -0.1) is 0 Å². The van der Waals surface area contributed by atoms with Gasteiger partial charge in [0.05, 0.1) is 0 Å². The predicted molar refractivity (Wildman–Crippen MR) is 21.8 cm³/mol. The summed E-state index contributed by atoms with van der Waals surface area (Å²) in [4.78, 5) is 29.3. The second-order valence-electron chi connectivity index (χ2n) is 0.600. The van der Waals surface area contributed by atoms with E-state index >= 15 is 0 Å². The van der Waals surface area contributed by atoms with Gasteiger partial charge in [-0.3, -0.25) is 0 Å². The van der Waals surface area contributed by atoms with E-state index in [0.29, 0.717) is 0 Å². The van der Waals surface area contributed by atoms with Gasteiger partial charge in [-0.05, 0) is 0 Å². The third kappa shape index (κ3) is 129. The minimum atomic E-state index is -4.61. The van der Waals surface area contributed by atoms with Gasteiger partial charge in [0, 0.05) is 18.6 Å². The number of rotatable bonds is 0. The maximum atomic E-state index is 7.33. The van der Waals surface area contributed by atoms with Crippen LogP contribution in [0.15, 0.2) is 0 Å². The molecule has 0 aliphatic rings. The number of hydrogen-bond donors (Lipinski definition) is 4. The summed E-state index contributed by atoms with van der Waals surface area (Å²) in [5.74, 6) is 0. The Labute approximate surface area is 65.7 Å². The first-order chi connectivity index (χ1) is 2.00. The van der Waals surface area contributed by atoms with Gasteiger partial charge in [-0.2, -0.15) is 0 Å². The zero-order valence-corrected chi connectivity index (χ0v) is 5.13. The molecule has 0 bridgehead atoms. The Balaban J connectivity index is -0.0000000800. The first-order valence-electron chi connectivity index (χ1n) is 0.894. The van der Waals surface area contributed by atoms with Crippen molar-refractivity contribution in [2.75, 3.05) is 0 Å². The van der Waals surface area contributed by atoms with Gasteiger partial charge in [0.2, 0.25) is 0 Å². The Kier molecular flexibility index (Phi) is 12.1. The van der Waals surface area contributed by atoms with Crippen molar-refractivity contribution in [3.63, 3.8) is 0 Å². The topological polar surface area (TPSA) is 80.9 Å². The predicted octanol–water partition coefficient (Wildman–Crippen LogP) is -3.26. The Hall–Kier alpha value is 1.24. The zero-order valence-electron chi connectivity index (χ0n) is 2.74. The Bertz CT molecular complexity index is 27.2. The monoisotopic (exact) mass is 155 g/mol. The quantitative estimate of drug-likeness (QED) is 0.277. The third-order valence-electron chi connectivity index (χ3n) is 0. The average Bonchev–Trinajstić information content (AvgIpc) is 0.722. The van der Waals surface area contributed by atoms with Gasteiger partial charge in [0.1, 0.15) is 0 Å². The molecule has 0 aliphatic heterocycles. The molecule has 0 aromatic rings. The van der Waals surface area contributed by atoms with Crippen molar-refractivity contribution in [1.82, 2.24) is 0 Å². The molecule has 0 aliphatic carbocycles. The van der Waals surface area contributed by atoms with Crippen molar-refractivity contribution >= 4 is 27.9 Å². The largest absolute Gasteiger partial charge is 0 e. The second-order valence-corrected chi connectivity index (χ2v) is 1.80. The molecule has 0 saturated heterocycles. The van der Waals surface area contributed by atoms with E-state index in [2.05, 4.69) is 0 Å². The molecule has 4 N–H and O–H groups in total. The summed E-state index contributed by atoms with van der Waals surface area (Å²) < 4.78 is 0. The van der Waals surface area contributed by atoms with E-state index in [-0.39, 0.29) is 37.4 Å². The van der Waals surface area contributed by atoms with Crippen LogP contribution in [0.4, 0.5) is 0 Å². The van der Waals surface area contributed by atoms with Crippen molar-refractivity contribution in [2.45, 2.75) is 0 Å². The molecule has 0 atom stereocenters. The molecule has 0 unspecified atom stereocenters. The maximum absolute atomic E-state index is 7.33. The van der Waals surface area contributed by atoms with Gasteiger partial charge in [0.25, 0.3) is 0 Å². The van der Waals surface area contributed by atoms with Crippen molar-refractivity contribution in [3.05, 3.63) is 0 Å². The van der Waals surface area contributed by atoms with Gasteiger partial charge >= 0.3 is 27.9 Å². The zero-order chi connectivity index (χ0) is 4.50. The molecule has 0 aromatic heterocycles. The smallest absolute Gasteiger partial charge is 0 e. The SMILES string of the molecule is O[Si](O)(O)O.[LiH].[V]. The van der Waals surface area contributed by atoms with Crippen molar-refractivity contribution < 1.29 is 37.7 Å². The summed E-state index contributed by atoms with van der Waals surface area (Å²) in [7, 11) is -4.61. The van der Waals surface area contributed by atoms with Crippen molar-refractivity contribution in [2.24, 2.45) is 0 Å². The molecule has 0 aromatic carbocycles. The Morgan fingerprint density at radius 1 is 0.857 bits per heavy atom. The van der Waals surface area contributed by atoms with E-state index in [1.165, 1.54) is 0 Å². The molecular formula is H5LiO4SiV. The van der Waals surface area contributed by atoms with Gasteiger partial charge in [0.15, 0.2) is 0 Å². The van der Waals surface area contributed by atoms with Crippen LogP contribution >= 0.6 is 0 Å². The second kappa shape index (κ2) is 5.38. The van der Waals surface area contributed by atoms with Crippen LogP contribution in [0.1, 0.15) is 0 Å². The molecule has 7 heteroatoms. The fraction of sp³-hybridized carbons (Fsp3) is 0. The van der Waals surface area contributed by atoms with E-state index in [4.69, 9.17) is 19.2 Å². The van der Waals surface area contributed by atoms with E-state index in [1.807, 2.05) is 0 Å². The summed E-state index contributed by atoms with van der Waals surface area (Å²) in [6.45, 7) is 0. The van der Waals surface area contributed by atoms with Crippen LogP contribution in [-0.2, 0) is 18.6 Å². The first-order valence-corrected chi connectivity index (χ1v) is 2.68. The van der Waals surface area contributed by atoms with Crippen LogP contribution in [0.2, 0.25) is 0 Å². The molecule has 7 heavy (non-hydrogen) atoms. The molecule has 0 spiro atoms. The van der Waals surface area contributed by atoms with Gasteiger partial charge in [-0.25, -0.2) is 0 Å². The van der Waals surface area contributed by atoms with E-state index < -0.39 is 9.05 Å². The third-order valence-corrected chi connectivity index (χ3v) is 0. The van der Waals surface area contributed by atoms with Crippen LogP contribution in [0.5, 0.6) is 0 Å². The van der Waals surface area contributed by atoms with Crippen LogP contribution < -0.4 is 0 Å². The van der Waals surface area contributed by atoms with E-state index in [9.17, 15) is 0 Å². The summed E-state index contributed by atoms with van der Waals surface area (Å²) in [5, 5.41) is 0. The average molecular weight is 155 g/mol. The molecule has 39 valence electrons. The Morgan fingerprint density at radius 3 is 0.857 bits per heavy atom. The van der Waals surface area contributed by atoms with Crippen molar-refractivity contribution in [1.29, 1.82) is 0 Å². The van der Waals surface area contributed by atoms with Gasteiger partial charge in [-0.1, -0.05) is 0 Å². The minimum absolute atomic E-state index is 0. The summed E-state index contributed by atoms with van der Waals surface area (Å²) in [6, 6.07) is 0. The first kappa shape index (κ1) is 15.7. The standard InChI is InChI=1S/Li.H4O4Si.V.H/c;1-5(2,3)4;;/h;1-4H;;. The molecule has 0 heterocycles. The van der Waals surface area contributed by atoms with E-state index in [0.717, 1.165) is 0 Å². The normalized spacial score (nSPS) is 8.57. The van der Waals surface area contributed by atoms with Crippen LogP contribution in [0, 0.1) is 0 Å². The van der Waals surface area contributed by atoms with Gasteiger partial charge < -0.3 is 19.2 Å². The summed E-state index contributed by atoms with van der Waals surface area (Å²) in [6.07, 6.45) is 0. The minimum Gasteiger partial charge on any atom is 0 e. The van der Waals surface area contributed by atoms with Crippen LogP contribution in [0.25, 0.3) is 0 Å². The molecule has 1 radical (unpaired) electrons. The summed E-state index contributed by atoms with van der Waals surface area (Å²) in [5.41, 5.74) is 0. The molecule has 4 nitrogen and oxygen atoms in total. The number of hydrogen-bond acceptors (Lipinski definition) is 4. The molecule has 0 saturated carbocycles. The maximum Gasteiger partial charge on any atom is 0 e. The Morgan fingerprint density at radius 2 is 0.857 bits per heavy atom. The van der Waals surface area contributed by atoms with Crippen LogP contribution in [-0.4, -0.2) is 47.1 Å². The fourth-order valence-corrected chi connectivity index (χ4v) is 0. The fourth-order valence-electron chi connectivity index (χ4n) is 0. The molecule has 0 fully saturated rings. The molecular weight excluding hydrogens is 150 g/mol. The van der Waals surface area contributed by atoms with Crippen molar-refractivity contribution in [3.8, 4) is 0 Å².